The number of H-pyrrole nitrogens is 1. The molecule has 3 N–H and O–H groups in total. The van der Waals surface area contributed by atoms with Crippen LogP contribution in [0, 0.1) is 0 Å². The van der Waals surface area contributed by atoms with Gasteiger partial charge in [0.1, 0.15) is 0 Å². The first-order valence-corrected chi connectivity index (χ1v) is 8.42. The maximum atomic E-state index is 12.3. The van der Waals surface area contributed by atoms with Gasteiger partial charge in [-0.3, -0.25) is 9.88 Å². The summed E-state index contributed by atoms with van der Waals surface area (Å²) in [6.07, 6.45) is 2.07. The van der Waals surface area contributed by atoms with E-state index in [0.717, 1.165) is 63.4 Å². The summed E-state index contributed by atoms with van der Waals surface area (Å²) in [5.41, 5.74) is 5.29. The lowest BCUT2D eigenvalue weighted by molar-refractivity contribution is 0.150. The molecule has 124 valence electrons. The molecule has 0 radical (unpaired) electrons. The number of hydrazine groups is 1. The summed E-state index contributed by atoms with van der Waals surface area (Å²) in [4.78, 5) is 17.8. The van der Waals surface area contributed by atoms with Crippen molar-refractivity contribution in [3.05, 3.63) is 34.7 Å². The molecule has 1 aromatic carbocycles. The first kappa shape index (κ1) is 14.9. The minimum Gasteiger partial charge on any atom is -0.306 e. The Hall–Kier alpha value is -1.67. The van der Waals surface area contributed by atoms with Crippen molar-refractivity contribution in [1.82, 2.24) is 30.2 Å². The van der Waals surface area contributed by atoms with Crippen LogP contribution in [0.1, 0.15) is 18.9 Å². The Balaban J connectivity index is 1.39. The third kappa shape index (κ3) is 3.05. The molecule has 2 aliphatic rings. The summed E-state index contributed by atoms with van der Waals surface area (Å²) in [5.74, 6) is 0. The molecule has 1 aromatic heterocycles. The number of rotatable bonds is 4. The largest absolute Gasteiger partial charge is 0.326 e. The number of piperidine rings is 1. The van der Waals surface area contributed by atoms with Gasteiger partial charge < -0.3 is 9.88 Å². The predicted molar refractivity (Wildman–Crippen MR) is 90.0 cm³/mol. The number of nitrogens with zero attached hydrogens (tertiary/aromatic N) is 3. The maximum Gasteiger partial charge on any atom is 0.326 e. The third-order valence-electron chi connectivity index (χ3n) is 4.96. The van der Waals surface area contributed by atoms with Crippen molar-refractivity contribution in [1.29, 1.82) is 0 Å². The van der Waals surface area contributed by atoms with E-state index in [9.17, 15) is 4.79 Å². The number of likely N-dealkylation sites (tertiary alicyclic amines) is 1. The highest BCUT2D eigenvalue weighted by Gasteiger charge is 2.23. The van der Waals surface area contributed by atoms with Gasteiger partial charge in [0.15, 0.2) is 0 Å². The van der Waals surface area contributed by atoms with Crippen molar-refractivity contribution in [2.75, 3.05) is 39.5 Å². The number of imidazole rings is 1. The van der Waals surface area contributed by atoms with Crippen LogP contribution in [-0.2, 0) is 0 Å². The van der Waals surface area contributed by atoms with Crippen molar-refractivity contribution in [2.45, 2.75) is 18.9 Å². The summed E-state index contributed by atoms with van der Waals surface area (Å²) in [5, 5.41) is 5.48. The predicted octanol–water partition coefficient (Wildman–Crippen LogP) is 0.291. The van der Waals surface area contributed by atoms with E-state index in [2.05, 4.69) is 25.6 Å². The normalized spacial score (nSPS) is 21.4. The van der Waals surface area contributed by atoms with E-state index >= 15 is 0 Å². The van der Waals surface area contributed by atoms with Crippen LogP contribution in [0.5, 0.6) is 0 Å². The zero-order valence-corrected chi connectivity index (χ0v) is 13.3. The van der Waals surface area contributed by atoms with Crippen LogP contribution in [0.4, 0.5) is 0 Å². The molecule has 23 heavy (non-hydrogen) atoms. The van der Waals surface area contributed by atoms with Crippen LogP contribution < -0.4 is 16.4 Å². The summed E-state index contributed by atoms with van der Waals surface area (Å²) in [7, 11) is 0. The average Bonchev–Trinajstić information content (AvgIpc) is 3.20. The molecule has 2 aliphatic heterocycles. The number of nitrogens with one attached hydrogen (secondary N) is 3. The van der Waals surface area contributed by atoms with E-state index in [1.807, 2.05) is 28.8 Å². The van der Waals surface area contributed by atoms with Crippen LogP contribution in [0.2, 0.25) is 0 Å². The Morgan fingerprint density at radius 1 is 1.13 bits per heavy atom. The van der Waals surface area contributed by atoms with E-state index in [-0.39, 0.29) is 5.69 Å². The van der Waals surface area contributed by atoms with Gasteiger partial charge in [-0.05, 0) is 25.0 Å². The molecule has 0 unspecified atom stereocenters. The van der Waals surface area contributed by atoms with Crippen LogP contribution in [0.25, 0.3) is 11.0 Å². The second kappa shape index (κ2) is 6.45. The van der Waals surface area contributed by atoms with Gasteiger partial charge in [-0.15, -0.1) is 0 Å². The number of hydrogen-bond acceptors (Lipinski definition) is 5. The molecule has 2 saturated heterocycles. The van der Waals surface area contributed by atoms with Gasteiger partial charge in [0.05, 0.1) is 24.4 Å². The maximum absolute atomic E-state index is 12.3. The first-order chi connectivity index (χ1) is 11.3. The number of fused-ring (bicyclic) bond motifs is 1. The quantitative estimate of drug-likeness (QED) is 0.757. The zero-order chi connectivity index (χ0) is 15.6. The molecular formula is C16H24N6O. The summed E-state index contributed by atoms with van der Waals surface area (Å²) in [6, 6.07) is 8.28. The molecule has 4 rings (SSSR count). The monoisotopic (exact) mass is 316 g/mol. The van der Waals surface area contributed by atoms with Gasteiger partial charge in [0, 0.05) is 32.2 Å². The molecule has 2 fully saturated rings. The second-order valence-electron chi connectivity index (χ2n) is 6.40. The van der Waals surface area contributed by atoms with E-state index in [1.54, 1.807) is 0 Å². The van der Waals surface area contributed by atoms with E-state index in [0.29, 0.717) is 6.04 Å². The number of aromatic nitrogens is 2. The van der Waals surface area contributed by atoms with Crippen LogP contribution in [-0.4, -0.2) is 59.0 Å². The number of hydrogen-bond donors (Lipinski definition) is 3. The molecule has 0 spiro atoms. The fraction of sp³-hybridized carbons (Fsp3) is 0.562. The molecule has 0 atom stereocenters. The Morgan fingerprint density at radius 3 is 2.74 bits per heavy atom. The Labute approximate surface area is 135 Å². The van der Waals surface area contributed by atoms with Crippen molar-refractivity contribution >= 4 is 11.0 Å². The highest BCUT2D eigenvalue weighted by atomic mass is 16.1. The average molecular weight is 316 g/mol. The Kier molecular flexibility index (Phi) is 4.17. The van der Waals surface area contributed by atoms with Crippen molar-refractivity contribution in [2.24, 2.45) is 0 Å². The van der Waals surface area contributed by atoms with Gasteiger partial charge in [-0.2, -0.15) is 0 Å². The van der Waals surface area contributed by atoms with Gasteiger partial charge in [-0.1, -0.05) is 12.1 Å². The second-order valence-corrected chi connectivity index (χ2v) is 6.40. The van der Waals surface area contributed by atoms with Gasteiger partial charge in [0.2, 0.25) is 0 Å². The van der Waals surface area contributed by atoms with E-state index in [4.69, 9.17) is 0 Å². The van der Waals surface area contributed by atoms with Crippen LogP contribution in [0.15, 0.2) is 29.1 Å². The Morgan fingerprint density at radius 2 is 1.96 bits per heavy atom. The van der Waals surface area contributed by atoms with Crippen LogP contribution in [0.3, 0.4) is 0 Å². The van der Waals surface area contributed by atoms with Crippen molar-refractivity contribution in [3.63, 3.8) is 0 Å². The highest BCUT2D eigenvalue weighted by molar-refractivity contribution is 5.75. The first-order valence-electron chi connectivity index (χ1n) is 8.42. The van der Waals surface area contributed by atoms with Crippen LogP contribution >= 0.6 is 0 Å². The lowest BCUT2D eigenvalue weighted by Gasteiger charge is -2.33. The minimum absolute atomic E-state index is 0.0250. The summed E-state index contributed by atoms with van der Waals surface area (Å²) < 4.78 is 1.96. The molecule has 2 aromatic rings. The molecule has 0 bridgehead atoms. The van der Waals surface area contributed by atoms with E-state index in [1.165, 1.54) is 0 Å². The van der Waals surface area contributed by atoms with Crippen molar-refractivity contribution in [3.8, 4) is 0 Å². The fourth-order valence-electron chi connectivity index (χ4n) is 3.67. The highest BCUT2D eigenvalue weighted by Crippen LogP contribution is 2.24. The lowest BCUT2D eigenvalue weighted by atomic mass is 10.0. The molecule has 0 aliphatic carbocycles. The Bertz CT molecular complexity index is 709. The fourth-order valence-corrected chi connectivity index (χ4v) is 3.67. The molecule has 7 heteroatoms. The van der Waals surface area contributed by atoms with Gasteiger partial charge in [0.25, 0.3) is 0 Å². The number of para-hydroxylation sites is 2. The molecule has 0 saturated carbocycles. The minimum atomic E-state index is 0.0250. The van der Waals surface area contributed by atoms with Gasteiger partial charge >= 0.3 is 5.69 Å². The molecule has 7 nitrogen and oxygen atoms in total. The standard InChI is InChI=1S/C16H24N6O/c23-16-19-14-3-1-2-4-15(14)22(16)13-5-7-20(8-6-13)9-10-21-12-17-11-18-21/h1-4,13,17-18H,5-12H2,(H,19,23). The lowest BCUT2D eigenvalue weighted by Crippen LogP contribution is -2.42. The number of aromatic amines is 1. The SMILES string of the molecule is O=c1[nH]c2ccccc2n1C1CCN(CCN2CNCN2)CC1. The molecular weight excluding hydrogens is 292 g/mol. The smallest absolute Gasteiger partial charge is 0.306 e. The number of benzene rings is 1. The summed E-state index contributed by atoms with van der Waals surface area (Å²) in [6.45, 7) is 6.00. The summed E-state index contributed by atoms with van der Waals surface area (Å²) >= 11 is 0. The third-order valence-corrected chi connectivity index (χ3v) is 4.96. The topological polar surface area (TPSA) is 68.3 Å². The zero-order valence-electron chi connectivity index (χ0n) is 13.3. The molecule has 3 heterocycles. The van der Waals surface area contributed by atoms with Gasteiger partial charge in [-0.25, -0.2) is 15.2 Å². The molecule has 0 amide bonds. The van der Waals surface area contributed by atoms with E-state index < -0.39 is 0 Å². The van der Waals surface area contributed by atoms with Crippen molar-refractivity contribution < 1.29 is 0 Å².